The lowest BCUT2D eigenvalue weighted by molar-refractivity contribution is 0.0692. The number of nitrogens with one attached hydrogen (secondary N) is 1. The Labute approximate surface area is 99.0 Å². The lowest BCUT2D eigenvalue weighted by Gasteiger charge is -1.93. The molecule has 0 aromatic carbocycles. The largest absolute Gasteiger partial charge is 0.477 e. The fraction of sp³-hybridized carbons (Fsp3) is 0.111. The minimum absolute atomic E-state index is 0.187. The number of carbonyl (C=O) groups is 1. The number of rotatable bonds is 2. The average Bonchev–Trinajstić information content (AvgIpc) is 2.71. The molecule has 15 heavy (non-hydrogen) atoms. The van der Waals surface area contributed by atoms with Crippen LogP contribution in [0.1, 0.15) is 15.4 Å². The Balaban J connectivity index is 2.61. The van der Waals surface area contributed by atoms with E-state index in [-0.39, 0.29) is 5.69 Å². The first kappa shape index (κ1) is 10.5. The van der Waals surface area contributed by atoms with Crippen LogP contribution in [0.5, 0.6) is 0 Å². The van der Waals surface area contributed by atoms with Crippen LogP contribution >= 0.6 is 34.9 Å². The third-order valence-electron chi connectivity index (χ3n) is 1.83. The molecule has 2 heterocycles. The van der Waals surface area contributed by atoms with Crippen molar-refractivity contribution in [3.05, 3.63) is 26.7 Å². The minimum Gasteiger partial charge on any atom is -0.477 e. The van der Waals surface area contributed by atoms with Crippen LogP contribution in [-0.4, -0.2) is 16.1 Å². The van der Waals surface area contributed by atoms with Crippen LogP contribution in [-0.2, 0) is 0 Å². The number of thiophene rings is 1. The van der Waals surface area contributed by atoms with Crippen molar-refractivity contribution in [2.45, 2.75) is 6.92 Å². The summed E-state index contributed by atoms with van der Waals surface area (Å²) in [6.07, 6.45) is 0. The summed E-state index contributed by atoms with van der Waals surface area (Å²) in [5.74, 6) is -0.969. The van der Waals surface area contributed by atoms with Crippen LogP contribution in [0, 0.1) is 10.9 Å². The molecular weight excluding hydrogens is 250 g/mol. The first-order valence-electron chi connectivity index (χ1n) is 4.11. The average molecular weight is 257 g/mol. The Hall–Kier alpha value is -0.980. The second kappa shape index (κ2) is 3.88. The molecule has 0 bridgehead atoms. The van der Waals surface area contributed by atoms with Crippen molar-refractivity contribution < 1.29 is 9.90 Å². The van der Waals surface area contributed by atoms with Crippen molar-refractivity contribution in [3.63, 3.8) is 0 Å². The van der Waals surface area contributed by atoms with Gasteiger partial charge in [-0.2, -0.15) is 0 Å². The first-order valence-corrected chi connectivity index (χ1v) is 6.15. The third-order valence-corrected chi connectivity index (χ3v) is 4.24. The van der Waals surface area contributed by atoms with Gasteiger partial charge in [0.15, 0.2) is 3.95 Å². The van der Waals surface area contributed by atoms with E-state index in [9.17, 15) is 4.79 Å². The number of thiazole rings is 1. The predicted molar refractivity (Wildman–Crippen MR) is 64.5 cm³/mol. The maximum Gasteiger partial charge on any atom is 0.353 e. The van der Waals surface area contributed by atoms with Gasteiger partial charge >= 0.3 is 5.97 Å². The van der Waals surface area contributed by atoms with Gasteiger partial charge in [-0.05, 0) is 31.3 Å². The van der Waals surface area contributed by atoms with Crippen LogP contribution in [0.25, 0.3) is 9.75 Å². The van der Waals surface area contributed by atoms with Crippen LogP contribution in [0.3, 0.4) is 0 Å². The Morgan fingerprint density at radius 1 is 1.47 bits per heavy atom. The zero-order valence-corrected chi connectivity index (χ0v) is 10.2. The Morgan fingerprint density at radius 2 is 2.20 bits per heavy atom. The molecule has 0 fully saturated rings. The van der Waals surface area contributed by atoms with E-state index in [1.54, 1.807) is 11.3 Å². The molecule has 2 aromatic heterocycles. The summed E-state index contributed by atoms with van der Waals surface area (Å²) in [5.41, 5.74) is 0.187. The number of hydrogen-bond acceptors (Lipinski definition) is 4. The second-order valence-corrected chi connectivity index (χ2v) is 5.91. The molecule has 0 spiro atoms. The maximum atomic E-state index is 10.9. The first-order chi connectivity index (χ1) is 7.08. The Kier molecular flexibility index (Phi) is 2.72. The number of aryl methyl sites for hydroxylation is 1. The summed E-state index contributed by atoms with van der Waals surface area (Å²) in [7, 11) is 0. The van der Waals surface area contributed by atoms with Crippen LogP contribution in [0.15, 0.2) is 12.1 Å². The fourth-order valence-corrected chi connectivity index (χ4v) is 3.37. The van der Waals surface area contributed by atoms with Gasteiger partial charge in [0.05, 0.1) is 4.88 Å². The summed E-state index contributed by atoms with van der Waals surface area (Å²) in [6, 6.07) is 3.88. The summed E-state index contributed by atoms with van der Waals surface area (Å²) < 4.78 is 0.494. The minimum atomic E-state index is -0.969. The lowest BCUT2D eigenvalue weighted by Crippen LogP contribution is -1.97. The van der Waals surface area contributed by atoms with Crippen LogP contribution in [0.2, 0.25) is 0 Å². The molecule has 2 rings (SSSR count). The molecule has 3 nitrogen and oxygen atoms in total. The highest BCUT2D eigenvalue weighted by molar-refractivity contribution is 7.73. The van der Waals surface area contributed by atoms with Gasteiger partial charge in [-0.25, -0.2) is 4.79 Å². The van der Waals surface area contributed by atoms with E-state index in [1.165, 1.54) is 11.3 Å². The molecule has 6 heteroatoms. The monoisotopic (exact) mass is 257 g/mol. The molecule has 2 aromatic rings. The van der Waals surface area contributed by atoms with Crippen LogP contribution < -0.4 is 0 Å². The van der Waals surface area contributed by atoms with Gasteiger partial charge in [-0.1, -0.05) is 0 Å². The molecule has 0 aliphatic carbocycles. The quantitative estimate of drug-likeness (QED) is 0.809. The topological polar surface area (TPSA) is 53.1 Å². The Bertz CT molecular complexity index is 564. The fourth-order valence-electron chi connectivity index (χ4n) is 1.21. The number of carboxylic acids is 1. The third kappa shape index (κ3) is 2.01. The van der Waals surface area contributed by atoms with Gasteiger partial charge in [0.1, 0.15) is 5.69 Å². The summed E-state index contributed by atoms with van der Waals surface area (Å²) >= 11 is 7.82. The Morgan fingerprint density at radius 3 is 2.73 bits per heavy atom. The van der Waals surface area contributed by atoms with E-state index < -0.39 is 5.97 Å². The number of aromatic carboxylic acids is 1. The number of aromatic nitrogens is 1. The molecule has 0 saturated carbocycles. The van der Waals surface area contributed by atoms with E-state index in [0.29, 0.717) is 8.83 Å². The number of hydrogen-bond donors (Lipinski definition) is 2. The molecule has 2 N–H and O–H groups in total. The van der Waals surface area contributed by atoms with E-state index in [1.807, 2.05) is 19.1 Å². The molecule has 0 unspecified atom stereocenters. The molecule has 0 atom stereocenters. The van der Waals surface area contributed by atoms with Crippen molar-refractivity contribution >= 4 is 40.9 Å². The van der Waals surface area contributed by atoms with E-state index in [0.717, 1.165) is 9.75 Å². The number of aromatic amines is 1. The van der Waals surface area contributed by atoms with Gasteiger partial charge in [-0.15, -0.1) is 22.7 Å². The molecule has 0 aliphatic rings. The highest BCUT2D eigenvalue weighted by Gasteiger charge is 2.16. The predicted octanol–water partition coefficient (Wildman–Crippen LogP) is 3.54. The highest BCUT2D eigenvalue weighted by Crippen LogP contribution is 2.33. The van der Waals surface area contributed by atoms with Gasteiger partial charge < -0.3 is 10.1 Å². The molecular formula is C9H7NO2S3. The summed E-state index contributed by atoms with van der Waals surface area (Å²) in [6.45, 7) is 1.99. The second-order valence-electron chi connectivity index (χ2n) is 2.93. The lowest BCUT2D eigenvalue weighted by atomic mass is 10.3. The van der Waals surface area contributed by atoms with E-state index in [4.69, 9.17) is 17.3 Å². The maximum absolute atomic E-state index is 10.9. The molecule has 0 saturated heterocycles. The molecule has 0 aliphatic heterocycles. The van der Waals surface area contributed by atoms with Crippen molar-refractivity contribution in [1.82, 2.24) is 4.98 Å². The molecule has 0 amide bonds. The normalized spacial score (nSPS) is 10.5. The number of H-pyrrole nitrogens is 1. The standard InChI is InChI=1S/C9H7NO2S3/c1-4-2-3-5(14-4)7-6(8(11)12)10-9(13)15-7/h2-3H,1H3,(H,10,13)(H,11,12). The zero-order valence-electron chi connectivity index (χ0n) is 7.73. The SMILES string of the molecule is Cc1ccc(-c2sc(=S)[nH]c2C(=O)O)s1. The van der Waals surface area contributed by atoms with Crippen molar-refractivity contribution in [2.24, 2.45) is 0 Å². The van der Waals surface area contributed by atoms with Crippen molar-refractivity contribution in [2.75, 3.05) is 0 Å². The summed E-state index contributed by atoms with van der Waals surface area (Å²) in [5, 5.41) is 8.98. The van der Waals surface area contributed by atoms with Gasteiger partial charge in [0.2, 0.25) is 0 Å². The van der Waals surface area contributed by atoms with E-state index in [2.05, 4.69) is 4.98 Å². The van der Waals surface area contributed by atoms with Crippen molar-refractivity contribution in [1.29, 1.82) is 0 Å². The van der Waals surface area contributed by atoms with Gasteiger partial charge in [0.25, 0.3) is 0 Å². The number of carboxylic acid groups (broad SMARTS) is 1. The molecule has 78 valence electrons. The van der Waals surface area contributed by atoms with E-state index >= 15 is 0 Å². The smallest absolute Gasteiger partial charge is 0.353 e. The van der Waals surface area contributed by atoms with Crippen molar-refractivity contribution in [3.8, 4) is 9.75 Å². The summed E-state index contributed by atoms with van der Waals surface area (Å²) in [4.78, 5) is 16.5. The zero-order chi connectivity index (χ0) is 11.0. The van der Waals surface area contributed by atoms with Gasteiger partial charge in [-0.3, -0.25) is 0 Å². The van der Waals surface area contributed by atoms with Gasteiger partial charge in [0, 0.05) is 9.75 Å². The van der Waals surface area contributed by atoms with Crippen LogP contribution in [0.4, 0.5) is 0 Å². The highest BCUT2D eigenvalue weighted by atomic mass is 32.1. The molecule has 0 radical (unpaired) electrons.